The molecule has 1 amide bonds. The van der Waals surface area contributed by atoms with Gasteiger partial charge in [-0.2, -0.15) is 0 Å². The van der Waals surface area contributed by atoms with Crippen molar-refractivity contribution in [3.05, 3.63) is 64.2 Å². The van der Waals surface area contributed by atoms with Crippen LogP contribution in [-0.4, -0.2) is 26.4 Å². The van der Waals surface area contributed by atoms with Crippen molar-refractivity contribution in [2.75, 3.05) is 11.1 Å². The van der Waals surface area contributed by atoms with Gasteiger partial charge in [0.05, 0.1) is 16.5 Å². The number of para-hydroxylation sites is 1. The van der Waals surface area contributed by atoms with E-state index in [1.807, 2.05) is 11.5 Å². The second-order valence-corrected chi connectivity index (χ2v) is 7.61. The molecule has 0 fully saturated rings. The molecular weight excluding hydrogens is 438 g/mol. The molecule has 152 valence electrons. The fraction of sp³-hybridized carbons (Fsp3) is 0.211. The molecule has 1 heterocycles. The highest BCUT2D eigenvalue weighted by molar-refractivity contribution is 7.99. The summed E-state index contributed by atoms with van der Waals surface area (Å²) < 4.78 is 21.2. The minimum atomic E-state index is -0.485. The number of anilines is 1. The van der Waals surface area contributed by atoms with Crippen molar-refractivity contribution in [3.8, 4) is 5.75 Å². The Morgan fingerprint density at radius 1 is 1.24 bits per heavy atom. The number of carbonyl (C=O) groups excluding carboxylic acids is 1. The van der Waals surface area contributed by atoms with Crippen LogP contribution in [0.3, 0.4) is 0 Å². The van der Waals surface area contributed by atoms with E-state index < -0.39 is 5.82 Å². The fourth-order valence-electron chi connectivity index (χ4n) is 2.46. The summed E-state index contributed by atoms with van der Waals surface area (Å²) in [6, 6.07) is 10.9. The number of halogens is 3. The summed E-state index contributed by atoms with van der Waals surface area (Å²) in [5.74, 6) is 0.271. The van der Waals surface area contributed by atoms with Crippen LogP contribution in [-0.2, 0) is 17.9 Å². The summed E-state index contributed by atoms with van der Waals surface area (Å²) in [4.78, 5) is 12.1. The predicted octanol–water partition coefficient (Wildman–Crippen LogP) is 5.05. The molecule has 29 heavy (non-hydrogen) atoms. The van der Waals surface area contributed by atoms with Crippen LogP contribution in [0.25, 0.3) is 0 Å². The third-order valence-electron chi connectivity index (χ3n) is 3.84. The maximum Gasteiger partial charge on any atom is 0.234 e. The molecule has 0 aliphatic rings. The lowest BCUT2D eigenvalue weighted by Gasteiger charge is -2.10. The van der Waals surface area contributed by atoms with E-state index in [1.165, 1.54) is 23.9 Å². The van der Waals surface area contributed by atoms with Crippen LogP contribution in [0.2, 0.25) is 10.0 Å². The minimum absolute atomic E-state index is 0.0629. The van der Waals surface area contributed by atoms with Gasteiger partial charge in [-0.05, 0) is 31.2 Å². The zero-order chi connectivity index (χ0) is 20.8. The second kappa shape index (κ2) is 9.96. The van der Waals surface area contributed by atoms with Crippen LogP contribution in [0.1, 0.15) is 12.7 Å². The molecule has 0 aliphatic heterocycles. The van der Waals surface area contributed by atoms with Crippen molar-refractivity contribution < 1.29 is 13.9 Å². The van der Waals surface area contributed by atoms with Crippen LogP contribution < -0.4 is 10.1 Å². The Morgan fingerprint density at radius 3 is 2.79 bits per heavy atom. The summed E-state index contributed by atoms with van der Waals surface area (Å²) >= 11 is 13.3. The summed E-state index contributed by atoms with van der Waals surface area (Å²) in [7, 11) is 0. The molecule has 0 saturated carbocycles. The number of hydrogen-bond donors (Lipinski definition) is 1. The molecule has 0 bridgehead atoms. The number of aromatic nitrogens is 3. The number of benzene rings is 2. The highest BCUT2D eigenvalue weighted by Gasteiger charge is 2.15. The Bertz CT molecular complexity index is 1020. The molecule has 1 N–H and O–H groups in total. The van der Waals surface area contributed by atoms with E-state index in [1.54, 1.807) is 30.3 Å². The number of nitrogens with one attached hydrogen (secondary N) is 1. The van der Waals surface area contributed by atoms with Gasteiger partial charge in [-0.25, -0.2) is 4.39 Å². The van der Waals surface area contributed by atoms with Crippen LogP contribution in [0.5, 0.6) is 5.75 Å². The molecule has 6 nitrogen and oxygen atoms in total. The predicted molar refractivity (Wildman–Crippen MR) is 112 cm³/mol. The van der Waals surface area contributed by atoms with E-state index in [2.05, 4.69) is 15.5 Å². The maximum absolute atomic E-state index is 13.6. The Balaban J connectivity index is 1.61. The van der Waals surface area contributed by atoms with Crippen LogP contribution in [0.15, 0.2) is 47.6 Å². The lowest BCUT2D eigenvalue weighted by molar-refractivity contribution is -0.113. The molecule has 0 radical (unpaired) electrons. The lowest BCUT2D eigenvalue weighted by atomic mass is 10.3. The minimum Gasteiger partial charge on any atom is -0.484 e. The molecular formula is C19H17Cl2FN4O2S. The molecule has 0 atom stereocenters. The number of thioether (sulfide) groups is 1. The van der Waals surface area contributed by atoms with Gasteiger partial charge in [-0.1, -0.05) is 47.1 Å². The van der Waals surface area contributed by atoms with Crippen LogP contribution in [0.4, 0.5) is 10.1 Å². The summed E-state index contributed by atoms with van der Waals surface area (Å²) in [5.41, 5.74) is 0.141. The monoisotopic (exact) mass is 454 g/mol. The van der Waals surface area contributed by atoms with Gasteiger partial charge in [0.25, 0.3) is 0 Å². The smallest absolute Gasteiger partial charge is 0.234 e. The quantitative estimate of drug-likeness (QED) is 0.482. The Kier molecular flexibility index (Phi) is 7.35. The van der Waals surface area contributed by atoms with E-state index in [9.17, 15) is 9.18 Å². The highest BCUT2D eigenvalue weighted by atomic mass is 35.5. The third kappa shape index (κ3) is 5.62. The van der Waals surface area contributed by atoms with Crippen LogP contribution >= 0.6 is 35.0 Å². The highest BCUT2D eigenvalue weighted by Crippen LogP contribution is 2.28. The maximum atomic E-state index is 13.6. The van der Waals surface area contributed by atoms with Crippen molar-refractivity contribution in [1.29, 1.82) is 0 Å². The number of hydrogen-bond acceptors (Lipinski definition) is 5. The standard InChI is InChI=1S/C19H17Cl2FN4O2S/c1-2-26-17(10-28-16-9-12(20)7-8-13(16)21)24-25-19(26)29-11-18(27)23-15-6-4-3-5-14(15)22/h3-9H,2,10-11H2,1H3,(H,23,27). The third-order valence-corrected chi connectivity index (χ3v) is 5.35. The first-order chi connectivity index (χ1) is 14.0. The summed E-state index contributed by atoms with van der Waals surface area (Å²) in [5, 5.41) is 12.3. The molecule has 0 saturated heterocycles. The second-order valence-electron chi connectivity index (χ2n) is 5.82. The number of rotatable bonds is 8. The van der Waals surface area contributed by atoms with E-state index in [0.29, 0.717) is 33.3 Å². The zero-order valence-electron chi connectivity index (χ0n) is 15.4. The lowest BCUT2D eigenvalue weighted by Crippen LogP contribution is -2.15. The molecule has 3 aromatic rings. The van der Waals surface area contributed by atoms with E-state index in [0.717, 1.165) is 0 Å². The number of ether oxygens (including phenoxy) is 1. The summed E-state index contributed by atoms with van der Waals surface area (Å²) in [6.45, 7) is 2.66. The molecule has 0 unspecified atom stereocenters. The SMILES string of the molecule is CCn1c(COc2cc(Cl)ccc2Cl)nnc1SCC(=O)Nc1ccccc1F. The number of carbonyl (C=O) groups is 1. The van der Waals surface area contributed by atoms with Gasteiger partial charge in [0.15, 0.2) is 11.0 Å². The fourth-order valence-corrected chi connectivity index (χ4v) is 3.61. The van der Waals surface area contributed by atoms with Crippen molar-refractivity contribution in [1.82, 2.24) is 14.8 Å². The van der Waals surface area contributed by atoms with Crippen molar-refractivity contribution >= 4 is 46.6 Å². The van der Waals surface area contributed by atoms with E-state index >= 15 is 0 Å². The van der Waals surface area contributed by atoms with E-state index in [4.69, 9.17) is 27.9 Å². The first-order valence-electron chi connectivity index (χ1n) is 8.65. The van der Waals surface area contributed by atoms with Gasteiger partial charge < -0.3 is 14.6 Å². The molecule has 1 aromatic heterocycles. The van der Waals surface area contributed by atoms with Crippen molar-refractivity contribution in [2.45, 2.75) is 25.2 Å². The molecule has 2 aromatic carbocycles. The average molecular weight is 455 g/mol. The topological polar surface area (TPSA) is 69.0 Å². The zero-order valence-corrected chi connectivity index (χ0v) is 17.7. The Labute approximate surface area is 181 Å². The number of amides is 1. The first kappa shape index (κ1) is 21.4. The van der Waals surface area contributed by atoms with Crippen molar-refractivity contribution in [3.63, 3.8) is 0 Å². The van der Waals surface area contributed by atoms with Gasteiger partial charge in [-0.3, -0.25) is 4.79 Å². The van der Waals surface area contributed by atoms with Crippen molar-refractivity contribution in [2.24, 2.45) is 0 Å². The first-order valence-corrected chi connectivity index (χ1v) is 10.4. The largest absolute Gasteiger partial charge is 0.484 e. The van der Waals surface area contributed by atoms with Crippen LogP contribution in [0, 0.1) is 5.82 Å². The molecule has 0 spiro atoms. The molecule has 0 aliphatic carbocycles. The van der Waals surface area contributed by atoms with Gasteiger partial charge in [0.2, 0.25) is 5.91 Å². The van der Waals surface area contributed by atoms with E-state index in [-0.39, 0.29) is 24.0 Å². The van der Waals surface area contributed by atoms with Gasteiger partial charge in [0, 0.05) is 17.6 Å². The van der Waals surface area contributed by atoms with Gasteiger partial charge in [-0.15, -0.1) is 10.2 Å². The Morgan fingerprint density at radius 2 is 2.03 bits per heavy atom. The van der Waals surface area contributed by atoms with Gasteiger partial charge >= 0.3 is 0 Å². The Hall–Kier alpha value is -2.29. The normalized spacial score (nSPS) is 10.8. The number of nitrogens with zero attached hydrogens (tertiary/aromatic N) is 3. The summed E-state index contributed by atoms with van der Waals surface area (Å²) in [6.07, 6.45) is 0. The average Bonchev–Trinajstić information content (AvgIpc) is 3.10. The molecule has 3 rings (SSSR count). The molecule has 10 heteroatoms. The van der Waals surface area contributed by atoms with Gasteiger partial charge in [0.1, 0.15) is 18.2 Å².